The number of nitrogens with one attached hydrogen (secondary N) is 1. The molecule has 0 saturated heterocycles. The SMILES string of the molecule is Cc1c(Cl)cccc1NC(=O)CC1CSc2nc3c(cnn3-c3cccc(Cl)c3)c(=O)n21. The maximum Gasteiger partial charge on any atom is 0.265 e. The summed E-state index contributed by atoms with van der Waals surface area (Å²) < 4.78 is 3.20. The molecule has 4 aromatic rings. The Bertz CT molecular complexity index is 1430. The van der Waals surface area contributed by atoms with Crippen LogP contribution in [-0.2, 0) is 4.79 Å². The summed E-state index contributed by atoms with van der Waals surface area (Å²) >= 11 is 13.7. The summed E-state index contributed by atoms with van der Waals surface area (Å²) in [6, 6.07) is 12.3. The van der Waals surface area contributed by atoms with Crippen LogP contribution in [0.1, 0.15) is 18.0 Å². The summed E-state index contributed by atoms with van der Waals surface area (Å²) in [5.41, 5.74) is 2.45. The van der Waals surface area contributed by atoms with Gasteiger partial charge in [0.05, 0.1) is 17.9 Å². The number of benzene rings is 2. The number of nitrogens with zero attached hydrogens (tertiary/aromatic N) is 4. The smallest absolute Gasteiger partial charge is 0.265 e. The predicted molar refractivity (Wildman–Crippen MR) is 127 cm³/mol. The molecule has 0 spiro atoms. The first-order chi connectivity index (χ1) is 15.4. The van der Waals surface area contributed by atoms with Crippen LogP contribution >= 0.6 is 35.0 Å². The van der Waals surface area contributed by atoms with Gasteiger partial charge < -0.3 is 5.32 Å². The molecule has 2 aromatic heterocycles. The molecule has 0 radical (unpaired) electrons. The Kier molecular flexibility index (Phi) is 5.44. The number of hydrogen-bond donors (Lipinski definition) is 1. The Balaban J connectivity index is 1.45. The molecule has 0 saturated carbocycles. The molecule has 1 amide bonds. The average molecular weight is 486 g/mol. The highest BCUT2D eigenvalue weighted by atomic mass is 35.5. The van der Waals surface area contributed by atoms with Gasteiger partial charge in [0.1, 0.15) is 5.39 Å². The van der Waals surface area contributed by atoms with Crippen molar-refractivity contribution < 1.29 is 4.79 Å². The molecule has 2 aromatic carbocycles. The fourth-order valence-electron chi connectivity index (χ4n) is 3.74. The van der Waals surface area contributed by atoms with Gasteiger partial charge in [-0.2, -0.15) is 5.10 Å². The number of fused-ring (bicyclic) bond motifs is 2. The monoisotopic (exact) mass is 485 g/mol. The highest BCUT2D eigenvalue weighted by Crippen LogP contribution is 2.34. The molecule has 0 bridgehead atoms. The first kappa shape index (κ1) is 21.1. The van der Waals surface area contributed by atoms with E-state index in [1.54, 1.807) is 39.6 Å². The van der Waals surface area contributed by atoms with Crippen molar-refractivity contribution >= 4 is 57.6 Å². The van der Waals surface area contributed by atoms with Gasteiger partial charge in [0, 0.05) is 27.9 Å². The highest BCUT2D eigenvalue weighted by molar-refractivity contribution is 7.99. The van der Waals surface area contributed by atoms with E-state index in [0.29, 0.717) is 37.7 Å². The first-order valence-electron chi connectivity index (χ1n) is 9.86. The molecule has 1 atom stereocenters. The van der Waals surface area contributed by atoms with E-state index < -0.39 is 0 Å². The third kappa shape index (κ3) is 3.68. The number of anilines is 1. The van der Waals surface area contributed by atoms with Crippen molar-refractivity contribution in [2.45, 2.75) is 24.5 Å². The second-order valence-electron chi connectivity index (χ2n) is 7.47. The minimum atomic E-state index is -0.298. The van der Waals surface area contributed by atoms with Gasteiger partial charge in [-0.15, -0.1) is 0 Å². The third-order valence-electron chi connectivity index (χ3n) is 5.39. The van der Waals surface area contributed by atoms with Gasteiger partial charge in [-0.05, 0) is 42.8 Å². The molecule has 32 heavy (non-hydrogen) atoms. The molecule has 162 valence electrons. The molecule has 5 rings (SSSR count). The van der Waals surface area contributed by atoms with E-state index >= 15 is 0 Å². The molecular weight excluding hydrogens is 469 g/mol. The molecule has 1 unspecified atom stereocenters. The zero-order chi connectivity index (χ0) is 22.4. The average Bonchev–Trinajstić information content (AvgIpc) is 3.36. The summed E-state index contributed by atoms with van der Waals surface area (Å²) in [5, 5.41) is 9.37. The van der Waals surface area contributed by atoms with Crippen LogP contribution in [0.2, 0.25) is 10.0 Å². The molecule has 1 aliphatic rings. The number of carbonyl (C=O) groups excluding carboxylic acids is 1. The van der Waals surface area contributed by atoms with Crippen molar-refractivity contribution in [1.82, 2.24) is 19.3 Å². The summed E-state index contributed by atoms with van der Waals surface area (Å²) in [6.45, 7) is 1.85. The van der Waals surface area contributed by atoms with Crippen LogP contribution in [-0.4, -0.2) is 31.0 Å². The van der Waals surface area contributed by atoms with Gasteiger partial charge in [-0.25, -0.2) is 9.67 Å². The van der Waals surface area contributed by atoms with E-state index in [9.17, 15) is 9.59 Å². The lowest BCUT2D eigenvalue weighted by Crippen LogP contribution is -2.27. The predicted octanol–water partition coefficient (Wildman–Crippen LogP) is 4.87. The topological polar surface area (TPSA) is 81.8 Å². The number of thioether (sulfide) groups is 1. The first-order valence-corrected chi connectivity index (χ1v) is 11.6. The van der Waals surface area contributed by atoms with E-state index in [4.69, 9.17) is 23.2 Å². The van der Waals surface area contributed by atoms with Crippen LogP contribution in [0.5, 0.6) is 0 Å². The Morgan fingerprint density at radius 3 is 2.88 bits per heavy atom. The number of hydrogen-bond acceptors (Lipinski definition) is 5. The van der Waals surface area contributed by atoms with Gasteiger partial charge >= 0.3 is 0 Å². The van der Waals surface area contributed by atoms with E-state index in [0.717, 1.165) is 11.3 Å². The van der Waals surface area contributed by atoms with Crippen LogP contribution in [0.15, 0.2) is 58.6 Å². The molecule has 0 aliphatic carbocycles. The zero-order valence-electron chi connectivity index (χ0n) is 16.9. The van der Waals surface area contributed by atoms with Crippen molar-refractivity contribution in [3.8, 4) is 5.69 Å². The fourth-order valence-corrected chi connectivity index (χ4v) is 5.23. The van der Waals surface area contributed by atoms with Crippen LogP contribution in [0.25, 0.3) is 16.7 Å². The van der Waals surface area contributed by atoms with Crippen molar-refractivity contribution in [2.24, 2.45) is 0 Å². The molecule has 1 aliphatic heterocycles. The molecule has 0 fully saturated rings. The zero-order valence-corrected chi connectivity index (χ0v) is 19.2. The summed E-state index contributed by atoms with van der Waals surface area (Å²) in [5.74, 6) is 0.400. The van der Waals surface area contributed by atoms with Crippen molar-refractivity contribution in [2.75, 3.05) is 11.1 Å². The maximum atomic E-state index is 13.3. The van der Waals surface area contributed by atoms with Crippen LogP contribution in [0, 0.1) is 6.92 Å². The van der Waals surface area contributed by atoms with E-state index in [1.807, 2.05) is 19.1 Å². The number of aromatic nitrogens is 4. The number of rotatable bonds is 4. The van der Waals surface area contributed by atoms with E-state index in [-0.39, 0.29) is 23.9 Å². The van der Waals surface area contributed by atoms with Crippen LogP contribution < -0.4 is 10.9 Å². The quantitative estimate of drug-likeness (QED) is 0.416. The summed E-state index contributed by atoms with van der Waals surface area (Å²) in [6.07, 6.45) is 1.66. The highest BCUT2D eigenvalue weighted by Gasteiger charge is 2.29. The van der Waals surface area contributed by atoms with Crippen LogP contribution in [0.3, 0.4) is 0 Å². The Morgan fingerprint density at radius 1 is 1.25 bits per heavy atom. The molecule has 1 N–H and O–H groups in total. The van der Waals surface area contributed by atoms with Crippen molar-refractivity contribution in [3.05, 3.63) is 74.6 Å². The fraction of sp³-hybridized carbons (Fsp3) is 0.182. The van der Waals surface area contributed by atoms with Gasteiger partial charge in [0.15, 0.2) is 10.8 Å². The van der Waals surface area contributed by atoms with Crippen molar-refractivity contribution in [3.63, 3.8) is 0 Å². The Labute approximate surface area is 197 Å². The molecule has 3 heterocycles. The van der Waals surface area contributed by atoms with Gasteiger partial charge in [-0.1, -0.05) is 47.1 Å². The van der Waals surface area contributed by atoms with Gasteiger partial charge in [0.25, 0.3) is 5.56 Å². The molecular formula is C22H17Cl2N5O2S. The summed E-state index contributed by atoms with van der Waals surface area (Å²) in [4.78, 5) is 30.7. The largest absolute Gasteiger partial charge is 0.326 e. The number of amides is 1. The van der Waals surface area contributed by atoms with E-state index in [1.165, 1.54) is 18.0 Å². The van der Waals surface area contributed by atoms with E-state index in [2.05, 4.69) is 15.4 Å². The maximum absolute atomic E-state index is 13.3. The second kappa shape index (κ2) is 8.27. The third-order valence-corrected chi connectivity index (χ3v) is 7.13. The minimum absolute atomic E-state index is 0.154. The molecule has 10 heteroatoms. The van der Waals surface area contributed by atoms with Crippen LogP contribution in [0.4, 0.5) is 5.69 Å². The minimum Gasteiger partial charge on any atom is -0.326 e. The number of halogens is 2. The lowest BCUT2D eigenvalue weighted by Gasteiger charge is -2.14. The van der Waals surface area contributed by atoms with Gasteiger partial charge in [0.2, 0.25) is 5.91 Å². The van der Waals surface area contributed by atoms with Crippen molar-refractivity contribution in [1.29, 1.82) is 0 Å². The lowest BCUT2D eigenvalue weighted by molar-refractivity contribution is -0.116. The van der Waals surface area contributed by atoms with Gasteiger partial charge in [-0.3, -0.25) is 14.2 Å². The number of carbonyl (C=O) groups is 1. The Hall–Kier alpha value is -2.81. The standard InChI is InChI=1S/C22H17Cl2N5O2S/c1-12-17(24)6-3-7-18(12)26-19(30)9-15-11-32-22-27-20-16(21(31)28(15)22)10-25-29(20)14-5-2-4-13(23)8-14/h2-8,10,15H,9,11H2,1H3,(H,26,30). The normalized spacial score (nSPS) is 15.2. The molecule has 7 nitrogen and oxygen atoms in total. The second-order valence-corrected chi connectivity index (χ2v) is 9.30. The summed E-state index contributed by atoms with van der Waals surface area (Å²) in [7, 11) is 0. The Morgan fingerprint density at radius 2 is 2.06 bits per heavy atom. The lowest BCUT2D eigenvalue weighted by atomic mass is 10.1.